The van der Waals surface area contributed by atoms with Gasteiger partial charge in [-0.15, -0.1) is 34.9 Å². The number of carbonyl (C=O) groups excluding carboxylic acids is 1. The van der Waals surface area contributed by atoms with Gasteiger partial charge in [0.25, 0.3) is 0 Å². The molecule has 149 valence electrons. The van der Waals surface area contributed by atoms with Crippen molar-refractivity contribution in [2.75, 3.05) is 0 Å². The third-order valence-corrected chi connectivity index (χ3v) is 4.01. The van der Waals surface area contributed by atoms with Gasteiger partial charge in [-0.1, -0.05) is 32.0 Å². The molecule has 0 saturated heterocycles. The fraction of sp³-hybridized carbons (Fsp3) is 0.250. The molecule has 3 nitrogen and oxygen atoms in total. The smallest absolute Gasteiger partial charge is 0.155 e. The molecule has 0 atom stereocenters. The average Bonchev–Trinajstić information content (AvgIpc) is 2.52. The predicted octanol–water partition coefficient (Wildman–Crippen LogP) is 5.97. The summed E-state index contributed by atoms with van der Waals surface area (Å²) >= 11 is 0. The van der Waals surface area contributed by atoms with Gasteiger partial charge in [-0.25, -0.2) is 0 Å². The van der Waals surface area contributed by atoms with Gasteiger partial charge in [0.15, 0.2) is 5.78 Å². The van der Waals surface area contributed by atoms with Gasteiger partial charge >= 0.3 is 0 Å². The second-order valence-corrected chi connectivity index (χ2v) is 7.00. The first-order chi connectivity index (χ1) is 12.7. The molecule has 1 N–H and O–H groups in total. The molecular formula is C24H26IrNO2-. The van der Waals surface area contributed by atoms with Crippen LogP contribution in [0.15, 0.2) is 48.2 Å². The van der Waals surface area contributed by atoms with Crippen molar-refractivity contribution in [3.8, 4) is 11.3 Å². The van der Waals surface area contributed by atoms with Crippen LogP contribution in [0.3, 0.4) is 0 Å². The summed E-state index contributed by atoms with van der Waals surface area (Å²) < 4.78 is 0. The number of aryl methyl sites for hydroxylation is 4. The van der Waals surface area contributed by atoms with Crippen LogP contribution in [-0.4, -0.2) is 15.9 Å². The third kappa shape index (κ3) is 6.70. The zero-order valence-electron chi connectivity index (χ0n) is 17.2. The van der Waals surface area contributed by atoms with Crippen LogP contribution in [0.2, 0.25) is 0 Å². The molecular weight excluding hydrogens is 526 g/mol. The fourth-order valence-electron chi connectivity index (χ4n) is 2.98. The molecule has 0 amide bonds. The fourth-order valence-corrected chi connectivity index (χ4v) is 2.98. The maximum Gasteiger partial charge on any atom is 0.155 e. The van der Waals surface area contributed by atoms with Crippen LogP contribution in [0.4, 0.5) is 0 Å². The largest absolute Gasteiger partial charge is 0.512 e. The zero-order valence-corrected chi connectivity index (χ0v) is 19.6. The van der Waals surface area contributed by atoms with Crippen LogP contribution in [0, 0.1) is 33.8 Å². The van der Waals surface area contributed by atoms with Crippen LogP contribution in [-0.2, 0) is 24.9 Å². The van der Waals surface area contributed by atoms with Crippen molar-refractivity contribution in [3.05, 3.63) is 76.6 Å². The summed E-state index contributed by atoms with van der Waals surface area (Å²) in [6.45, 7) is 11.3. The molecule has 3 rings (SSSR count). The van der Waals surface area contributed by atoms with Crippen LogP contribution in [0.1, 0.15) is 36.1 Å². The normalized spacial score (nSPS) is 10.7. The van der Waals surface area contributed by atoms with E-state index in [2.05, 4.69) is 70.2 Å². The van der Waals surface area contributed by atoms with E-state index in [1.165, 1.54) is 42.0 Å². The number of pyridine rings is 1. The molecule has 4 heteroatoms. The first-order valence-corrected chi connectivity index (χ1v) is 8.92. The molecule has 0 aliphatic rings. The van der Waals surface area contributed by atoms with Crippen molar-refractivity contribution < 1.29 is 30.0 Å². The Bertz CT molecular complexity index is 998. The van der Waals surface area contributed by atoms with E-state index < -0.39 is 0 Å². The number of aliphatic hydroxyl groups excluding tert-OH is 1. The molecule has 0 unspecified atom stereocenters. The number of carbonyl (C=O) groups is 1. The number of fused-ring (bicyclic) bond motifs is 1. The second kappa shape index (κ2) is 10.3. The maximum atomic E-state index is 10.0. The molecule has 1 heterocycles. The molecule has 1 aromatic heterocycles. The van der Waals surface area contributed by atoms with E-state index >= 15 is 0 Å². The van der Waals surface area contributed by atoms with Gasteiger partial charge in [-0.3, -0.25) is 9.78 Å². The van der Waals surface area contributed by atoms with E-state index in [-0.39, 0.29) is 31.6 Å². The Morgan fingerprint density at radius 3 is 2.21 bits per heavy atom. The summed E-state index contributed by atoms with van der Waals surface area (Å²) in [4.78, 5) is 14.8. The average molecular weight is 553 g/mol. The van der Waals surface area contributed by atoms with E-state index in [9.17, 15) is 4.79 Å². The van der Waals surface area contributed by atoms with Crippen molar-refractivity contribution >= 4 is 16.7 Å². The molecule has 1 radical (unpaired) electrons. The summed E-state index contributed by atoms with van der Waals surface area (Å²) in [5, 5.41) is 9.59. The van der Waals surface area contributed by atoms with E-state index in [1.807, 2.05) is 0 Å². The molecule has 0 fully saturated rings. The van der Waals surface area contributed by atoms with Gasteiger partial charge in [-0.2, -0.15) is 0 Å². The molecule has 0 saturated carbocycles. The topological polar surface area (TPSA) is 50.2 Å². The molecule has 0 bridgehead atoms. The molecule has 0 aliphatic heterocycles. The minimum atomic E-state index is -0.125. The van der Waals surface area contributed by atoms with Gasteiger partial charge in [0.05, 0.1) is 11.3 Å². The van der Waals surface area contributed by atoms with E-state index in [0.717, 1.165) is 22.3 Å². The number of aromatic nitrogens is 1. The summed E-state index contributed by atoms with van der Waals surface area (Å²) in [5.74, 6) is -0.0625. The first-order valence-electron chi connectivity index (χ1n) is 8.92. The number of benzene rings is 2. The van der Waals surface area contributed by atoms with Crippen molar-refractivity contribution in [3.63, 3.8) is 0 Å². The minimum Gasteiger partial charge on any atom is -0.512 e. The molecule has 2 aromatic carbocycles. The van der Waals surface area contributed by atoms with Crippen molar-refractivity contribution in [1.29, 1.82) is 0 Å². The van der Waals surface area contributed by atoms with Crippen molar-refractivity contribution in [2.45, 2.75) is 41.5 Å². The molecule has 3 aromatic rings. The van der Waals surface area contributed by atoms with Gasteiger partial charge < -0.3 is 5.11 Å². The number of hydrogen-bond acceptors (Lipinski definition) is 3. The predicted molar refractivity (Wildman–Crippen MR) is 112 cm³/mol. The number of nitrogens with zero attached hydrogens (tertiary/aromatic N) is 1. The third-order valence-electron chi connectivity index (χ3n) is 4.01. The maximum absolute atomic E-state index is 10.0. The Morgan fingerprint density at radius 1 is 1.00 bits per heavy atom. The zero-order chi connectivity index (χ0) is 20.1. The van der Waals surface area contributed by atoms with Crippen LogP contribution in [0.25, 0.3) is 22.2 Å². The quantitative estimate of drug-likeness (QED) is 0.242. The number of aliphatic hydroxyl groups is 1. The molecule has 28 heavy (non-hydrogen) atoms. The van der Waals surface area contributed by atoms with Gasteiger partial charge in [0.2, 0.25) is 0 Å². The monoisotopic (exact) mass is 553 g/mol. The Morgan fingerprint density at radius 2 is 1.68 bits per heavy atom. The molecule has 0 spiro atoms. The number of allylic oxidation sites excluding steroid dienone is 2. The van der Waals surface area contributed by atoms with Crippen molar-refractivity contribution in [2.24, 2.45) is 0 Å². The Kier molecular flexibility index (Phi) is 8.74. The van der Waals surface area contributed by atoms with E-state index in [1.54, 1.807) is 0 Å². The van der Waals surface area contributed by atoms with Crippen LogP contribution in [0.5, 0.6) is 0 Å². The van der Waals surface area contributed by atoms with Gasteiger partial charge in [0, 0.05) is 31.6 Å². The number of hydrogen-bond donors (Lipinski definition) is 1. The Labute approximate surface area is 180 Å². The SMILES string of the molecule is CC(=O)/C=C(/C)O.Cc1[c-]c(-c2cc(C)c3ccc(C)cc3n2)cc(C)c1.[Ir]. The Hall–Kier alpha value is -2.29. The van der Waals surface area contributed by atoms with Gasteiger partial charge in [-0.05, 0) is 50.6 Å². The number of ketones is 1. The minimum absolute atomic E-state index is 0. The number of rotatable bonds is 2. The summed E-state index contributed by atoms with van der Waals surface area (Å²) in [6.07, 6.45) is 1.17. The van der Waals surface area contributed by atoms with Crippen molar-refractivity contribution in [1.82, 2.24) is 4.98 Å². The van der Waals surface area contributed by atoms with Gasteiger partial charge in [0.1, 0.15) is 0 Å². The summed E-state index contributed by atoms with van der Waals surface area (Å²) in [5.41, 5.74) is 8.06. The Balaban J connectivity index is 0.000000425. The van der Waals surface area contributed by atoms with Crippen LogP contribution >= 0.6 is 0 Å². The molecule has 0 aliphatic carbocycles. The van der Waals surface area contributed by atoms with E-state index in [4.69, 9.17) is 10.1 Å². The van der Waals surface area contributed by atoms with E-state index in [0.29, 0.717) is 0 Å². The standard InChI is InChI=1S/C19H18N.C5H8O2.Ir/c1-12-5-6-17-15(4)11-18(20-19(17)10-12)16-8-13(2)7-14(3)9-16;1-4(6)3-5(2)7;/h5-8,10-11H,1-4H3;3,6H,1-2H3;/q-1;;/b;4-3-;. The first kappa shape index (κ1) is 23.7. The van der Waals surface area contributed by atoms with Crippen LogP contribution < -0.4 is 0 Å². The summed E-state index contributed by atoms with van der Waals surface area (Å²) in [7, 11) is 0. The second-order valence-electron chi connectivity index (χ2n) is 7.00. The summed E-state index contributed by atoms with van der Waals surface area (Å²) in [6, 6.07) is 16.3.